The van der Waals surface area contributed by atoms with Gasteiger partial charge < -0.3 is 10.1 Å². The van der Waals surface area contributed by atoms with E-state index in [1.54, 1.807) is 22.7 Å². The second-order valence-corrected chi connectivity index (χ2v) is 11.2. The highest BCUT2D eigenvalue weighted by molar-refractivity contribution is 7.16. The summed E-state index contributed by atoms with van der Waals surface area (Å²) in [4.78, 5) is 20.6. The van der Waals surface area contributed by atoms with Crippen LogP contribution in [0.1, 0.15) is 59.8 Å². The number of ether oxygens (including phenoxy) is 1. The summed E-state index contributed by atoms with van der Waals surface area (Å²) in [6.07, 6.45) is 4.91. The molecule has 1 aliphatic rings. The van der Waals surface area contributed by atoms with Crippen molar-refractivity contribution >= 4 is 45.5 Å². The number of carbonyl (C=O) groups excluding carboxylic acids is 1. The average Bonchev–Trinajstić information content (AvgIpc) is 3.40. The predicted molar refractivity (Wildman–Crippen MR) is 136 cm³/mol. The first-order chi connectivity index (χ1) is 15.3. The van der Waals surface area contributed by atoms with Crippen LogP contribution in [-0.2, 0) is 12.8 Å². The van der Waals surface area contributed by atoms with Crippen LogP contribution < -0.4 is 10.1 Å². The summed E-state index contributed by atoms with van der Waals surface area (Å²) < 4.78 is 5.51. The van der Waals surface area contributed by atoms with Crippen LogP contribution in [0.3, 0.4) is 0 Å². The van der Waals surface area contributed by atoms with E-state index < -0.39 is 0 Å². The normalized spacial score (nSPS) is 16.2. The fourth-order valence-electron chi connectivity index (χ4n) is 4.12. The molecule has 0 saturated carbocycles. The summed E-state index contributed by atoms with van der Waals surface area (Å²) in [5.41, 5.74) is 2.93. The van der Waals surface area contributed by atoms with Crippen molar-refractivity contribution in [1.82, 2.24) is 0 Å². The van der Waals surface area contributed by atoms with Gasteiger partial charge in [0.25, 0.3) is 5.91 Å². The van der Waals surface area contributed by atoms with Gasteiger partial charge in [-0.2, -0.15) is 0 Å². The van der Waals surface area contributed by atoms with Crippen LogP contribution in [0.2, 0.25) is 0 Å². The Morgan fingerprint density at radius 1 is 1.25 bits per heavy atom. The van der Waals surface area contributed by atoms with Crippen molar-refractivity contribution in [3.8, 4) is 5.75 Å². The average molecular weight is 467 g/mol. The maximum Gasteiger partial charge on any atom is 0.259 e. The summed E-state index contributed by atoms with van der Waals surface area (Å²) >= 11 is 3.32. The Bertz CT molecular complexity index is 1090. The van der Waals surface area contributed by atoms with Crippen LogP contribution in [-0.4, -0.2) is 18.7 Å². The summed E-state index contributed by atoms with van der Waals surface area (Å²) in [6.45, 7) is 9.51. The molecule has 1 amide bonds. The molecule has 3 aromatic rings. The van der Waals surface area contributed by atoms with Gasteiger partial charge in [-0.3, -0.25) is 4.79 Å². The maximum atomic E-state index is 13.4. The van der Waals surface area contributed by atoms with Gasteiger partial charge >= 0.3 is 0 Å². The molecule has 1 atom stereocenters. The molecule has 0 spiro atoms. The molecule has 2 aromatic heterocycles. The van der Waals surface area contributed by atoms with Gasteiger partial charge in [-0.15, -0.1) is 22.7 Å². The van der Waals surface area contributed by atoms with Crippen LogP contribution in [0, 0.1) is 11.3 Å². The molecule has 0 radical (unpaired) electrons. The molecule has 32 heavy (non-hydrogen) atoms. The van der Waals surface area contributed by atoms with E-state index in [-0.39, 0.29) is 11.3 Å². The molecule has 1 N–H and O–H groups in total. The number of amides is 1. The van der Waals surface area contributed by atoms with Crippen molar-refractivity contribution in [3.63, 3.8) is 0 Å². The molecule has 6 heteroatoms. The van der Waals surface area contributed by atoms with Gasteiger partial charge in [0.05, 0.1) is 12.2 Å². The van der Waals surface area contributed by atoms with Crippen LogP contribution in [0.4, 0.5) is 10.7 Å². The van der Waals surface area contributed by atoms with Gasteiger partial charge in [0, 0.05) is 21.7 Å². The second-order valence-electron chi connectivity index (χ2n) is 9.17. The highest BCUT2D eigenvalue weighted by Gasteiger charge is 2.33. The Balaban J connectivity index is 1.64. The number of rotatable bonds is 6. The van der Waals surface area contributed by atoms with Gasteiger partial charge in [-0.1, -0.05) is 26.8 Å². The number of thiophene rings is 2. The van der Waals surface area contributed by atoms with E-state index in [2.05, 4.69) is 26.1 Å². The first-order valence-corrected chi connectivity index (χ1v) is 12.8. The largest absolute Gasteiger partial charge is 0.494 e. The summed E-state index contributed by atoms with van der Waals surface area (Å²) in [5, 5.41) is 5.92. The van der Waals surface area contributed by atoms with Crippen molar-refractivity contribution in [2.24, 2.45) is 16.3 Å². The molecule has 2 heterocycles. The Kier molecular flexibility index (Phi) is 6.82. The third-order valence-corrected chi connectivity index (χ3v) is 7.94. The predicted octanol–water partition coefficient (Wildman–Crippen LogP) is 7.36. The summed E-state index contributed by atoms with van der Waals surface area (Å²) in [7, 11) is 0. The number of carbonyl (C=O) groups is 1. The van der Waals surface area contributed by atoms with Gasteiger partial charge in [0.15, 0.2) is 0 Å². The first kappa shape index (κ1) is 22.7. The third-order valence-electron chi connectivity index (χ3n) is 5.97. The van der Waals surface area contributed by atoms with Crippen LogP contribution in [0.15, 0.2) is 46.8 Å². The quantitative estimate of drug-likeness (QED) is 0.386. The van der Waals surface area contributed by atoms with Crippen LogP contribution in [0.5, 0.6) is 5.75 Å². The molecule has 0 aliphatic heterocycles. The van der Waals surface area contributed by atoms with Gasteiger partial charge in [-0.25, -0.2) is 4.99 Å². The van der Waals surface area contributed by atoms with Gasteiger partial charge in [0.2, 0.25) is 0 Å². The topological polar surface area (TPSA) is 50.7 Å². The first-order valence-electron chi connectivity index (χ1n) is 11.1. The lowest BCUT2D eigenvalue weighted by atomic mass is 9.72. The fraction of sp³-hybridized carbons (Fsp3) is 0.385. The molecule has 1 unspecified atom stereocenters. The number of fused-ring (bicyclic) bond motifs is 1. The Morgan fingerprint density at radius 3 is 2.69 bits per heavy atom. The number of nitrogens with one attached hydrogen (secondary N) is 1. The van der Waals surface area contributed by atoms with Crippen LogP contribution >= 0.6 is 22.7 Å². The standard InChI is InChI=1S/C26H30N2O2S2/c1-5-30-19-11-9-18(10-12-19)28-24(29)23-21-13-8-17(26(2,3)4)15-22(21)32-25(23)27-16-20-7-6-14-31-20/h6-7,9-12,14,16-17H,5,8,13,15H2,1-4H3,(H,28,29)/b27-16+. The highest BCUT2D eigenvalue weighted by atomic mass is 32.1. The van der Waals surface area contributed by atoms with Crippen molar-refractivity contribution in [2.75, 3.05) is 11.9 Å². The van der Waals surface area contributed by atoms with E-state index in [0.717, 1.165) is 46.1 Å². The van der Waals surface area contributed by atoms with Crippen molar-refractivity contribution in [2.45, 2.75) is 47.0 Å². The lowest BCUT2D eigenvalue weighted by molar-refractivity contribution is 0.102. The number of nitrogens with zero attached hydrogens (tertiary/aromatic N) is 1. The van der Waals surface area contributed by atoms with E-state index in [0.29, 0.717) is 12.5 Å². The molecule has 0 bridgehead atoms. The molecule has 4 nitrogen and oxygen atoms in total. The zero-order valence-electron chi connectivity index (χ0n) is 19.1. The molecule has 168 valence electrons. The van der Waals surface area contributed by atoms with Crippen molar-refractivity contribution in [3.05, 3.63) is 62.7 Å². The van der Waals surface area contributed by atoms with E-state index >= 15 is 0 Å². The molecule has 1 aliphatic carbocycles. The second kappa shape index (κ2) is 9.59. The SMILES string of the molecule is CCOc1ccc(NC(=O)c2c(/N=C/c3cccs3)sc3c2CCC(C(C)(C)C)C3)cc1. The minimum atomic E-state index is -0.0841. The lowest BCUT2D eigenvalue weighted by Gasteiger charge is -2.33. The van der Waals surface area contributed by atoms with Gasteiger partial charge in [0.1, 0.15) is 10.8 Å². The zero-order chi connectivity index (χ0) is 22.7. The lowest BCUT2D eigenvalue weighted by Crippen LogP contribution is -2.27. The molecule has 0 fully saturated rings. The van der Waals surface area contributed by atoms with Crippen molar-refractivity contribution in [1.29, 1.82) is 0 Å². The smallest absolute Gasteiger partial charge is 0.259 e. The fourth-order valence-corrected chi connectivity index (χ4v) is 5.97. The minimum absolute atomic E-state index is 0.0841. The molecule has 1 aromatic carbocycles. The van der Waals surface area contributed by atoms with Crippen molar-refractivity contribution < 1.29 is 9.53 Å². The monoisotopic (exact) mass is 466 g/mol. The van der Waals surface area contributed by atoms with Gasteiger partial charge in [-0.05, 0) is 78.8 Å². The number of hydrogen-bond acceptors (Lipinski definition) is 5. The summed E-state index contributed by atoms with van der Waals surface area (Å²) in [5.74, 6) is 1.33. The van der Waals surface area contributed by atoms with E-state index in [4.69, 9.17) is 9.73 Å². The molecular weight excluding hydrogens is 436 g/mol. The Morgan fingerprint density at radius 2 is 2.03 bits per heavy atom. The number of aliphatic imine (C=N–C) groups is 1. The molecular formula is C26H30N2O2S2. The Labute approximate surface area is 198 Å². The maximum absolute atomic E-state index is 13.4. The van der Waals surface area contributed by atoms with Crippen LogP contribution in [0.25, 0.3) is 0 Å². The summed E-state index contributed by atoms with van der Waals surface area (Å²) in [6, 6.07) is 11.6. The minimum Gasteiger partial charge on any atom is -0.494 e. The number of benzene rings is 1. The van der Waals surface area contributed by atoms with E-state index in [1.165, 1.54) is 10.4 Å². The number of anilines is 1. The van der Waals surface area contributed by atoms with E-state index in [9.17, 15) is 4.79 Å². The number of hydrogen-bond donors (Lipinski definition) is 1. The Hall–Kier alpha value is -2.44. The zero-order valence-corrected chi connectivity index (χ0v) is 20.7. The third kappa shape index (κ3) is 5.13. The highest BCUT2D eigenvalue weighted by Crippen LogP contribution is 2.45. The molecule has 4 rings (SSSR count). The molecule has 0 saturated heterocycles. The van der Waals surface area contributed by atoms with E-state index in [1.807, 2.05) is 54.9 Å².